The average molecular weight is 306 g/mol. The third-order valence-electron chi connectivity index (χ3n) is 3.38. The van der Waals surface area contributed by atoms with E-state index in [4.69, 9.17) is 9.84 Å². The van der Waals surface area contributed by atoms with Gasteiger partial charge < -0.3 is 20.5 Å². The summed E-state index contributed by atoms with van der Waals surface area (Å²) in [4.78, 5) is 22.7. The van der Waals surface area contributed by atoms with Crippen LogP contribution in [0.3, 0.4) is 0 Å². The van der Waals surface area contributed by atoms with Crippen molar-refractivity contribution < 1.29 is 19.4 Å². The molecule has 1 aromatic rings. The highest BCUT2D eigenvalue weighted by atomic mass is 16.5. The van der Waals surface area contributed by atoms with E-state index in [0.717, 1.165) is 23.4 Å². The molecule has 1 heterocycles. The number of hydrogen-bond donors (Lipinski definition) is 3. The summed E-state index contributed by atoms with van der Waals surface area (Å²) in [7, 11) is 0. The van der Waals surface area contributed by atoms with Crippen LogP contribution in [-0.2, 0) is 16.0 Å². The molecule has 120 valence electrons. The number of benzene rings is 1. The predicted octanol–water partition coefficient (Wildman–Crippen LogP) is 1.23. The molecule has 1 unspecified atom stereocenters. The summed E-state index contributed by atoms with van der Waals surface area (Å²) in [6.45, 7) is 2.35. The van der Waals surface area contributed by atoms with Crippen LogP contribution < -0.4 is 15.4 Å². The number of fused-ring (bicyclic) bond motifs is 1. The maximum absolute atomic E-state index is 11.5. The number of ether oxygens (including phenoxy) is 1. The van der Waals surface area contributed by atoms with Crippen molar-refractivity contribution in [3.8, 4) is 5.75 Å². The number of aryl methyl sites for hydroxylation is 1. The molecule has 0 aromatic heterocycles. The minimum Gasteiger partial charge on any atom is -0.494 e. The molecule has 1 aromatic carbocycles. The average Bonchev–Trinajstić information content (AvgIpc) is 2.49. The Balaban J connectivity index is 1.71. The van der Waals surface area contributed by atoms with Gasteiger partial charge in [-0.3, -0.25) is 9.59 Å². The lowest BCUT2D eigenvalue weighted by atomic mass is 10.0. The Labute approximate surface area is 129 Å². The van der Waals surface area contributed by atoms with Crippen molar-refractivity contribution in [2.75, 3.05) is 18.5 Å². The standard InChI is InChI=1S/C16H22N2O4/c1-11(19)10-17-15(20)3-2-8-22-13-5-6-14-12(9-13)4-7-16(21)18-14/h5-6,9,11,19H,2-4,7-8,10H2,1H3,(H,17,20)(H,18,21). The molecule has 22 heavy (non-hydrogen) atoms. The second kappa shape index (κ2) is 7.79. The van der Waals surface area contributed by atoms with Crippen molar-refractivity contribution in [2.24, 2.45) is 0 Å². The molecule has 0 fully saturated rings. The first kappa shape index (κ1) is 16.3. The molecule has 0 saturated carbocycles. The van der Waals surface area contributed by atoms with Gasteiger partial charge in [-0.2, -0.15) is 0 Å². The molecule has 2 amide bonds. The Kier molecular flexibility index (Phi) is 5.77. The van der Waals surface area contributed by atoms with Crippen molar-refractivity contribution in [3.63, 3.8) is 0 Å². The smallest absolute Gasteiger partial charge is 0.224 e. The zero-order valence-corrected chi connectivity index (χ0v) is 12.7. The monoisotopic (exact) mass is 306 g/mol. The molecule has 3 N–H and O–H groups in total. The summed E-state index contributed by atoms with van der Waals surface area (Å²) in [5.41, 5.74) is 1.92. The minimum absolute atomic E-state index is 0.0457. The molecule has 0 radical (unpaired) electrons. The molecule has 1 aliphatic heterocycles. The number of carbonyl (C=O) groups is 2. The van der Waals surface area contributed by atoms with Gasteiger partial charge in [-0.1, -0.05) is 0 Å². The van der Waals surface area contributed by atoms with E-state index in [2.05, 4.69) is 10.6 Å². The van der Waals surface area contributed by atoms with Crippen LogP contribution in [-0.4, -0.2) is 36.2 Å². The highest BCUT2D eigenvalue weighted by Gasteiger charge is 2.15. The van der Waals surface area contributed by atoms with Gasteiger partial charge >= 0.3 is 0 Å². The second-order valence-corrected chi connectivity index (χ2v) is 5.47. The maximum Gasteiger partial charge on any atom is 0.224 e. The summed E-state index contributed by atoms with van der Waals surface area (Å²) in [6, 6.07) is 5.59. The zero-order chi connectivity index (χ0) is 15.9. The molecule has 1 atom stereocenters. The molecule has 0 spiro atoms. The summed E-state index contributed by atoms with van der Waals surface area (Å²) < 4.78 is 5.63. The number of aliphatic hydroxyl groups excluding tert-OH is 1. The molecule has 1 aliphatic rings. The number of amides is 2. The van der Waals surface area contributed by atoms with Crippen molar-refractivity contribution in [2.45, 2.75) is 38.7 Å². The number of nitrogens with one attached hydrogen (secondary N) is 2. The molecule has 0 aliphatic carbocycles. The fourth-order valence-corrected chi connectivity index (χ4v) is 2.22. The Morgan fingerprint density at radius 1 is 1.45 bits per heavy atom. The summed E-state index contributed by atoms with van der Waals surface area (Å²) in [5, 5.41) is 14.5. The SMILES string of the molecule is CC(O)CNC(=O)CCCOc1ccc2c(c1)CCC(=O)N2. The second-order valence-electron chi connectivity index (χ2n) is 5.47. The minimum atomic E-state index is -0.531. The summed E-state index contributed by atoms with van der Waals surface area (Å²) in [5.74, 6) is 0.710. The van der Waals surface area contributed by atoms with E-state index in [1.54, 1.807) is 6.92 Å². The largest absolute Gasteiger partial charge is 0.494 e. The van der Waals surface area contributed by atoms with Crippen LogP contribution in [0.15, 0.2) is 18.2 Å². The fourth-order valence-electron chi connectivity index (χ4n) is 2.22. The van der Waals surface area contributed by atoms with Crippen LogP contribution in [0.2, 0.25) is 0 Å². The maximum atomic E-state index is 11.5. The lowest BCUT2D eigenvalue weighted by Gasteiger charge is -2.17. The Hall–Kier alpha value is -2.08. The Bertz CT molecular complexity index is 543. The zero-order valence-electron chi connectivity index (χ0n) is 12.7. The van der Waals surface area contributed by atoms with E-state index < -0.39 is 6.10 Å². The van der Waals surface area contributed by atoms with Gasteiger partial charge in [-0.05, 0) is 43.5 Å². The van der Waals surface area contributed by atoms with Gasteiger partial charge in [0.25, 0.3) is 0 Å². The molecular formula is C16H22N2O4. The van der Waals surface area contributed by atoms with E-state index in [0.29, 0.717) is 25.9 Å². The fraction of sp³-hybridized carbons (Fsp3) is 0.500. The Morgan fingerprint density at radius 2 is 2.27 bits per heavy atom. The van der Waals surface area contributed by atoms with Gasteiger partial charge in [0.1, 0.15) is 5.75 Å². The normalized spacial score (nSPS) is 14.7. The van der Waals surface area contributed by atoms with Crippen LogP contribution >= 0.6 is 0 Å². The third kappa shape index (κ3) is 5.04. The molecule has 2 rings (SSSR count). The number of carbonyl (C=O) groups excluding carboxylic acids is 2. The van der Waals surface area contributed by atoms with Gasteiger partial charge in [0, 0.05) is 25.1 Å². The van der Waals surface area contributed by atoms with Crippen molar-refractivity contribution >= 4 is 17.5 Å². The first-order valence-electron chi connectivity index (χ1n) is 7.55. The van der Waals surface area contributed by atoms with Crippen LogP contribution in [0.25, 0.3) is 0 Å². The number of rotatable bonds is 7. The van der Waals surface area contributed by atoms with Gasteiger partial charge in [0.15, 0.2) is 0 Å². The van der Waals surface area contributed by atoms with E-state index >= 15 is 0 Å². The molecule has 0 bridgehead atoms. The first-order chi connectivity index (χ1) is 10.5. The lowest BCUT2D eigenvalue weighted by molar-refractivity contribution is -0.121. The van der Waals surface area contributed by atoms with Gasteiger partial charge in [0.2, 0.25) is 11.8 Å². The predicted molar refractivity (Wildman–Crippen MR) is 82.8 cm³/mol. The van der Waals surface area contributed by atoms with Crippen molar-refractivity contribution in [3.05, 3.63) is 23.8 Å². The van der Waals surface area contributed by atoms with Crippen molar-refractivity contribution in [1.82, 2.24) is 5.32 Å². The van der Waals surface area contributed by atoms with Crippen LogP contribution in [0.1, 0.15) is 31.7 Å². The number of anilines is 1. The number of hydrogen-bond acceptors (Lipinski definition) is 4. The van der Waals surface area contributed by atoms with Crippen LogP contribution in [0.4, 0.5) is 5.69 Å². The molecule has 0 saturated heterocycles. The highest BCUT2D eigenvalue weighted by Crippen LogP contribution is 2.26. The summed E-state index contributed by atoms with van der Waals surface area (Å²) in [6.07, 6.45) is 1.67. The quantitative estimate of drug-likeness (QED) is 0.661. The van der Waals surface area contributed by atoms with Gasteiger partial charge in [-0.15, -0.1) is 0 Å². The van der Waals surface area contributed by atoms with Crippen molar-refractivity contribution in [1.29, 1.82) is 0 Å². The van der Waals surface area contributed by atoms with E-state index in [1.807, 2.05) is 18.2 Å². The van der Waals surface area contributed by atoms with E-state index in [1.165, 1.54) is 0 Å². The molecule has 6 heteroatoms. The van der Waals surface area contributed by atoms with E-state index in [-0.39, 0.29) is 18.4 Å². The van der Waals surface area contributed by atoms with Gasteiger partial charge in [-0.25, -0.2) is 0 Å². The molecule has 6 nitrogen and oxygen atoms in total. The summed E-state index contributed by atoms with van der Waals surface area (Å²) >= 11 is 0. The topological polar surface area (TPSA) is 87.7 Å². The first-order valence-corrected chi connectivity index (χ1v) is 7.55. The molecular weight excluding hydrogens is 284 g/mol. The van der Waals surface area contributed by atoms with Crippen LogP contribution in [0.5, 0.6) is 5.75 Å². The highest BCUT2D eigenvalue weighted by molar-refractivity contribution is 5.93. The lowest BCUT2D eigenvalue weighted by Crippen LogP contribution is -2.30. The van der Waals surface area contributed by atoms with Gasteiger partial charge in [0.05, 0.1) is 12.7 Å². The van der Waals surface area contributed by atoms with Crippen LogP contribution in [0, 0.1) is 0 Å². The third-order valence-corrected chi connectivity index (χ3v) is 3.38. The number of aliphatic hydroxyl groups is 1. The van der Waals surface area contributed by atoms with E-state index in [9.17, 15) is 9.59 Å². The Morgan fingerprint density at radius 3 is 3.05 bits per heavy atom.